The maximum atomic E-state index is 12.6. The molecule has 2 aromatic carbocycles. The van der Waals surface area contributed by atoms with Crippen LogP contribution in [0.2, 0.25) is 10.0 Å². The minimum Gasteiger partial charge on any atom is -0.497 e. The van der Waals surface area contributed by atoms with E-state index in [1.54, 1.807) is 31.0 Å². The number of methoxy groups -OCH3 is 2. The molecule has 1 N–H and O–H groups in total. The number of ether oxygens (including phenoxy) is 2. The first-order valence-electron chi connectivity index (χ1n) is 9.82. The monoisotopic (exact) mass is 461 g/mol. The third-order valence-corrected chi connectivity index (χ3v) is 5.88. The van der Waals surface area contributed by atoms with E-state index in [1.165, 1.54) is 0 Å². The molecule has 0 fully saturated rings. The van der Waals surface area contributed by atoms with Crippen LogP contribution in [-0.2, 0) is 17.6 Å². The van der Waals surface area contributed by atoms with Crippen molar-refractivity contribution >= 4 is 29.1 Å². The van der Waals surface area contributed by atoms with Crippen molar-refractivity contribution in [1.82, 2.24) is 15.1 Å². The highest BCUT2D eigenvalue weighted by atomic mass is 35.5. The number of benzene rings is 2. The summed E-state index contributed by atoms with van der Waals surface area (Å²) in [6.45, 7) is 4.33. The zero-order chi connectivity index (χ0) is 22.5. The van der Waals surface area contributed by atoms with E-state index in [0.29, 0.717) is 23.0 Å². The number of rotatable bonds is 8. The largest absolute Gasteiger partial charge is 0.497 e. The van der Waals surface area contributed by atoms with Gasteiger partial charge in [0.05, 0.1) is 42.1 Å². The summed E-state index contributed by atoms with van der Waals surface area (Å²) in [5.41, 5.74) is 4.39. The van der Waals surface area contributed by atoms with E-state index in [1.807, 2.05) is 38.1 Å². The fraction of sp³-hybridized carbons (Fsp3) is 0.304. The second-order valence-electron chi connectivity index (χ2n) is 7.11. The number of carbonyl (C=O) groups is 1. The SMILES string of the molecule is COc1ccc(CCNC(=O)Cc2c(C)nn(-c3ccc(Cl)c(Cl)c3)c2C)c(OC)c1. The molecule has 8 heteroatoms. The summed E-state index contributed by atoms with van der Waals surface area (Å²) in [6, 6.07) is 11.0. The molecule has 0 saturated heterocycles. The van der Waals surface area contributed by atoms with Gasteiger partial charge in [-0.2, -0.15) is 5.10 Å². The predicted octanol–water partition coefficient (Wildman–Crippen LogP) is 4.71. The average Bonchev–Trinajstić information content (AvgIpc) is 3.04. The van der Waals surface area contributed by atoms with Crippen molar-refractivity contribution in [3.8, 4) is 17.2 Å². The van der Waals surface area contributed by atoms with Crippen LogP contribution in [0, 0.1) is 13.8 Å². The Bertz CT molecular complexity index is 1100. The maximum Gasteiger partial charge on any atom is 0.224 e. The van der Waals surface area contributed by atoms with Gasteiger partial charge in [0.2, 0.25) is 5.91 Å². The van der Waals surface area contributed by atoms with Gasteiger partial charge in [-0.3, -0.25) is 4.79 Å². The summed E-state index contributed by atoms with van der Waals surface area (Å²) in [5.74, 6) is 1.41. The van der Waals surface area contributed by atoms with Gasteiger partial charge in [-0.1, -0.05) is 29.3 Å². The van der Waals surface area contributed by atoms with E-state index < -0.39 is 0 Å². The molecule has 6 nitrogen and oxygen atoms in total. The molecule has 0 aliphatic carbocycles. The fourth-order valence-corrected chi connectivity index (χ4v) is 3.71. The summed E-state index contributed by atoms with van der Waals surface area (Å²) < 4.78 is 12.4. The van der Waals surface area contributed by atoms with Crippen LogP contribution in [0.25, 0.3) is 5.69 Å². The highest BCUT2D eigenvalue weighted by Gasteiger charge is 2.16. The van der Waals surface area contributed by atoms with Crippen LogP contribution in [0.4, 0.5) is 0 Å². The standard InChI is InChI=1S/C23H25Cl2N3O3/c1-14-19(15(2)28(27-14)17-6-8-20(24)21(25)11-17)13-23(29)26-10-9-16-5-7-18(30-3)12-22(16)31-4/h5-8,11-12H,9-10,13H2,1-4H3,(H,26,29). The first-order valence-corrected chi connectivity index (χ1v) is 10.6. The van der Waals surface area contributed by atoms with Crippen LogP contribution in [0.1, 0.15) is 22.5 Å². The Morgan fingerprint density at radius 1 is 1.06 bits per heavy atom. The summed E-state index contributed by atoms with van der Waals surface area (Å²) in [7, 11) is 3.23. The Hall–Kier alpha value is -2.70. The molecule has 0 aliphatic heterocycles. The Kier molecular flexibility index (Phi) is 7.46. The smallest absolute Gasteiger partial charge is 0.224 e. The number of amides is 1. The lowest BCUT2D eigenvalue weighted by Gasteiger charge is -2.11. The summed E-state index contributed by atoms with van der Waals surface area (Å²) in [4.78, 5) is 12.6. The molecule has 164 valence electrons. The molecular weight excluding hydrogens is 437 g/mol. The molecule has 0 radical (unpaired) electrons. The van der Waals surface area contributed by atoms with E-state index in [-0.39, 0.29) is 12.3 Å². The molecule has 1 aromatic heterocycles. The Labute approximate surface area is 192 Å². The summed E-state index contributed by atoms with van der Waals surface area (Å²) in [5, 5.41) is 8.50. The molecule has 31 heavy (non-hydrogen) atoms. The van der Waals surface area contributed by atoms with E-state index in [9.17, 15) is 4.79 Å². The summed E-state index contributed by atoms with van der Waals surface area (Å²) >= 11 is 12.2. The van der Waals surface area contributed by atoms with Crippen LogP contribution in [0.3, 0.4) is 0 Å². The molecule has 0 saturated carbocycles. The molecule has 0 aliphatic rings. The van der Waals surface area contributed by atoms with E-state index >= 15 is 0 Å². The molecule has 0 unspecified atom stereocenters. The van der Waals surface area contributed by atoms with Crippen LogP contribution in [0.5, 0.6) is 11.5 Å². The first-order chi connectivity index (χ1) is 14.8. The third-order valence-electron chi connectivity index (χ3n) is 5.14. The third kappa shape index (κ3) is 5.32. The van der Waals surface area contributed by atoms with Crippen molar-refractivity contribution in [2.45, 2.75) is 26.7 Å². The Morgan fingerprint density at radius 3 is 2.52 bits per heavy atom. The van der Waals surface area contributed by atoms with Crippen LogP contribution in [-0.4, -0.2) is 36.5 Å². The molecule has 3 aromatic rings. The number of carbonyl (C=O) groups excluding carboxylic acids is 1. The molecule has 0 bridgehead atoms. The number of halogens is 2. The van der Waals surface area contributed by atoms with Gasteiger partial charge in [0.25, 0.3) is 0 Å². The summed E-state index contributed by atoms with van der Waals surface area (Å²) in [6.07, 6.45) is 0.901. The van der Waals surface area contributed by atoms with Crippen molar-refractivity contribution in [2.24, 2.45) is 0 Å². The van der Waals surface area contributed by atoms with E-state index in [2.05, 4.69) is 10.4 Å². The zero-order valence-corrected chi connectivity index (χ0v) is 19.5. The molecule has 0 spiro atoms. The van der Waals surface area contributed by atoms with Gasteiger partial charge in [0.15, 0.2) is 0 Å². The topological polar surface area (TPSA) is 65.4 Å². The Morgan fingerprint density at radius 2 is 1.84 bits per heavy atom. The van der Waals surface area contributed by atoms with Crippen molar-refractivity contribution in [3.63, 3.8) is 0 Å². The molecule has 3 rings (SSSR count). The van der Waals surface area contributed by atoms with Gasteiger partial charge in [0, 0.05) is 23.9 Å². The zero-order valence-electron chi connectivity index (χ0n) is 18.0. The van der Waals surface area contributed by atoms with Gasteiger partial charge in [-0.05, 0) is 50.1 Å². The molecular formula is C23H25Cl2N3O3. The highest BCUT2D eigenvalue weighted by Crippen LogP contribution is 2.27. The van der Waals surface area contributed by atoms with Crippen LogP contribution in [0.15, 0.2) is 36.4 Å². The van der Waals surface area contributed by atoms with Crippen molar-refractivity contribution < 1.29 is 14.3 Å². The quantitative estimate of drug-likeness (QED) is 0.527. The normalized spacial score (nSPS) is 10.8. The van der Waals surface area contributed by atoms with E-state index in [0.717, 1.165) is 39.7 Å². The number of nitrogens with one attached hydrogen (secondary N) is 1. The molecule has 1 amide bonds. The molecule has 1 heterocycles. The minimum absolute atomic E-state index is 0.0626. The first kappa shape index (κ1) is 23.0. The predicted molar refractivity (Wildman–Crippen MR) is 123 cm³/mol. The number of aryl methyl sites for hydroxylation is 1. The maximum absolute atomic E-state index is 12.6. The van der Waals surface area contributed by atoms with Crippen LogP contribution >= 0.6 is 23.2 Å². The lowest BCUT2D eigenvalue weighted by Crippen LogP contribution is -2.27. The number of hydrogen-bond acceptors (Lipinski definition) is 4. The van der Waals surface area contributed by atoms with Crippen LogP contribution < -0.4 is 14.8 Å². The second-order valence-corrected chi connectivity index (χ2v) is 7.93. The number of aromatic nitrogens is 2. The number of nitrogens with zero attached hydrogens (tertiary/aromatic N) is 2. The fourth-order valence-electron chi connectivity index (χ4n) is 3.42. The highest BCUT2D eigenvalue weighted by molar-refractivity contribution is 6.42. The Balaban J connectivity index is 1.65. The van der Waals surface area contributed by atoms with Crippen molar-refractivity contribution in [1.29, 1.82) is 0 Å². The lowest BCUT2D eigenvalue weighted by molar-refractivity contribution is -0.120. The van der Waals surface area contributed by atoms with Gasteiger partial charge >= 0.3 is 0 Å². The van der Waals surface area contributed by atoms with Gasteiger partial charge in [-0.25, -0.2) is 4.68 Å². The van der Waals surface area contributed by atoms with Crippen molar-refractivity contribution in [2.75, 3.05) is 20.8 Å². The average molecular weight is 462 g/mol. The number of hydrogen-bond donors (Lipinski definition) is 1. The van der Waals surface area contributed by atoms with Crippen molar-refractivity contribution in [3.05, 3.63) is 69.0 Å². The second kappa shape index (κ2) is 10.1. The lowest BCUT2D eigenvalue weighted by atomic mass is 10.1. The van der Waals surface area contributed by atoms with Gasteiger partial charge in [0.1, 0.15) is 11.5 Å². The van der Waals surface area contributed by atoms with E-state index in [4.69, 9.17) is 32.7 Å². The van der Waals surface area contributed by atoms with Gasteiger partial charge < -0.3 is 14.8 Å². The van der Waals surface area contributed by atoms with Gasteiger partial charge in [-0.15, -0.1) is 0 Å². The minimum atomic E-state index is -0.0626. The molecule has 0 atom stereocenters.